The molecule has 1 saturated heterocycles. The molecule has 0 bridgehead atoms. The van der Waals surface area contributed by atoms with Crippen molar-refractivity contribution < 1.29 is 9.53 Å². The number of halogens is 1. The van der Waals surface area contributed by atoms with Gasteiger partial charge in [0.1, 0.15) is 5.75 Å². The minimum Gasteiger partial charge on any atom is -0.480 e. The molecule has 1 atom stereocenters. The molecule has 2 N–H and O–H groups in total. The van der Waals surface area contributed by atoms with Crippen LogP contribution in [0.25, 0.3) is 0 Å². The number of rotatable bonds is 7. The SMILES string of the molecule is CCC(Oc1ccccc1C(C)C)C(=O)NCC1CNC1.Cl. The van der Waals surface area contributed by atoms with Crippen molar-refractivity contribution in [3.63, 3.8) is 0 Å². The molecule has 1 aliphatic heterocycles. The maximum Gasteiger partial charge on any atom is 0.261 e. The molecular formula is C17H27ClN2O2. The molecule has 0 aromatic heterocycles. The van der Waals surface area contributed by atoms with Gasteiger partial charge in [-0.05, 0) is 24.0 Å². The lowest BCUT2D eigenvalue weighted by molar-refractivity contribution is -0.128. The summed E-state index contributed by atoms with van der Waals surface area (Å²) < 4.78 is 5.97. The van der Waals surface area contributed by atoms with E-state index in [0.29, 0.717) is 18.3 Å². The van der Waals surface area contributed by atoms with E-state index < -0.39 is 6.10 Å². The number of benzene rings is 1. The van der Waals surface area contributed by atoms with Gasteiger partial charge in [-0.15, -0.1) is 12.4 Å². The summed E-state index contributed by atoms with van der Waals surface area (Å²) in [6, 6.07) is 7.96. The van der Waals surface area contributed by atoms with Gasteiger partial charge in [0.15, 0.2) is 6.10 Å². The first-order valence-corrected chi connectivity index (χ1v) is 7.85. The fraction of sp³-hybridized carbons (Fsp3) is 0.588. The number of ether oxygens (including phenoxy) is 1. The summed E-state index contributed by atoms with van der Waals surface area (Å²) in [6.45, 7) is 8.96. The van der Waals surface area contributed by atoms with Crippen molar-refractivity contribution in [3.8, 4) is 5.75 Å². The summed E-state index contributed by atoms with van der Waals surface area (Å²) in [5.74, 6) is 1.75. The molecule has 124 valence electrons. The number of hydrogen-bond acceptors (Lipinski definition) is 3. The molecule has 1 heterocycles. The summed E-state index contributed by atoms with van der Waals surface area (Å²) >= 11 is 0. The highest BCUT2D eigenvalue weighted by Gasteiger charge is 2.23. The Hall–Kier alpha value is -1.26. The van der Waals surface area contributed by atoms with E-state index in [1.807, 2.05) is 25.1 Å². The summed E-state index contributed by atoms with van der Waals surface area (Å²) in [6.07, 6.45) is 0.249. The van der Waals surface area contributed by atoms with Crippen molar-refractivity contribution in [2.75, 3.05) is 19.6 Å². The average Bonchev–Trinajstić information content (AvgIpc) is 2.43. The summed E-state index contributed by atoms with van der Waals surface area (Å²) in [5.41, 5.74) is 1.15. The van der Waals surface area contributed by atoms with Crippen molar-refractivity contribution in [3.05, 3.63) is 29.8 Å². The van der Waals surface area contributed by atoms with Crippen LogP contribution in [0.2, 0.25) is 0 Å². The van der Waals surface area contributed by atoms with E-state index in [4.69, 9.17) is 4.74 Å². The highest BCUT2D eigenvalue weighted by atomic mass is 35.5. The van der Waals surface area contributed by atoms with Crippen LogP contribution in [0.15, 0.2) is 24.3 Å². The van der Waals surface area contributed by atoms with Gasteiger partial charge in [0, 0.05) is 25.6 Å². The van der Waals surface area contributed by atoms with Crippen LogP contribution in [-0.4, -0.2) is 31.6 Å². The van der Waals surface area contributed by atoms with Crippen molar-refractivity contribution >= 4 is 18.3 Å². The summed E-state index contributed by atoms with van der Waals surface area (Å²) in [7, 11) is 0. The molecule has 4 nitrogen and oxygen atoms in total. The van der Waals surface area contributed by atoms with Gasteiger partial charge in [-0.1, -0.05) is 39.0 Å². The summed E-state index contributed by atoms with van der Waals surface area (Å²) in [5, 5.41) is 6.21. The van der Waals surface area contributed by atoms with E-state index in [-0.39, 0.29) is 18.3 Å². The van der Waals surface area contributed by atoms with Crippen LogP contribution < -0.4 is 15.4 Å². The standard InChI is InChI=1S/C17H26N2O2.ClH/c1-4-15(17(20)19-11-13-9-18-10-13)21-16-8-6-5-7-14(16)12(2)3;/h5-8,12-13,15,18H,4,9-11H2,1-3H3,(H,19,20);1H. The van der Waals surface area contributed by atoms with E-state index in [0.717, 1.165) is 30.9 Å². The van der Waals surface area contributed by atoms with Crippen molar-refractivity contribution in [1.82, 2.24) is 10.6 Å². The fourth-order valence-electron chi connectivity index (χ4n) is 2.39. The van der Waals surface area contributed by atoms with Gasteiger partial charge in [-0.25, -0.2) is 0 Å². The zero-order chi connectivity index (χ0) is 15.2. The fourth-order valence-corrected chi connectivity index (χ4v) is 2.39. The van der Waals surface area contributed by atoms with Crippen LogP contribution in [-0.2, 0) is 4.79 Å². The van der Waals surface area contributed by atoms with Gasteiger partial charge in [0.2, 0.25) is 0 Å². The zero-order valence-corrected chi connectivity index (χ0v) is 14.4. The highest BCUT2D eigenvalue weighted by Crippen LogP contribution is 2.27. The van der Waals surface area contributed by atoms with Crippen LogP contribution in [0.5, 0.6) is 5.75 Å². The molecule has 2 rings (SSSR count). The Morgan fingerprint density at radius 1 is 1.36 bits per heavy atom. The largest absolute Gasteiger partial charge is 0.480 e. The Labute approximate surface area is 139 Å². The number of amides is 1. The van der Waals surface area contributed by atoms with E-state index >= 15 is 0 Å². The Kier molecular flexibility index (Phi) is 7.69. The second-order valence-corrected chi connectivity index (χ2v) is 5.98. The first kappa shape index (κ1) is 18.8. The average molecular weight is 327 g/mol. The zero-order valence-electron chi connectivity index (χ0n) is 13.6. The molecule has 22 heavy (non-hydrogen) atoms. The van der Waals surface area contributed by atoms with Crippen LogP contribution >= 0.6 is 12.4 Å². The molecule has 1 aromatic rings. The van der Waals surface area contributed by atoms with E-state index in [2.05, 4.69) is 30.5 Å². The molecule has 1 unspecified atom stereocenters. The van der Waals surface area contributed by atoms with Crippen molar-refractivity contribution in [1.29, 1.82) is 0 Å². The number of carbonyl (C=O) groups excluding carboxylic acids is 1. The van der Waals surface area contributed by atoms with Gasteiger partial charge < -0.3 is 15.4 Å². The van der Waals surface area contributed by atoms with Gasteiger partial charge in [0.05, 0.1) is 0 Å². The Bertz CT molecular complexity index is 475. The third kappa shape index (κ3) is 4.89. The Morgan fingerprint density at radius 3 is 2.59 bits per heavy atom. The lowest BCUT2D eigenvalue weighted by atomic mass is 10.0. The molecule has 5 heteroatoms. The van der Waals surface area contributed by atoms with Gasteiger partial charge >= 0.3 is 0 Å². The first-order chi connectivity index (χ1) is 10.1. The van der Waals surface area contributed by atoms with Crippen LogP contribution in [0, 0.1) is 5.92 Å². The maximum atomic E-state index is 12.2. The minimum atomic E-state index is -0.419. The highest BCUT2D eigenvalue weighted by molar-refractivity contribution is 5.85. The first-order valence-electron chi connectivity index (χ1n) is 7.85. The third-order valence-corrected chi connectivity index (χ3v) is 3.90. The third-order valence-electron chi connectivity index (χ3n) is 3.90. The molecular weight excluding hydrogens is 300 g/mol. The molecule has 1 aromatic carbocycles. The lowest BCUT2D eigenvalue weighted by Crippen LogP contribution is -2.50. The summed E-state index contributed by atoms with van der Waals surface area (Å²) in [4.78, 5) is 12.2. The molecule has 0 aliphatic carbocycles. The number of hydrogen-bond donors (Lipinski definition) is 2. The number of carbonyl (C=O) groups is 1. The number of para-hydroxylation sites is 1. The maximum absolute atomic E-state index is 12.2. The Morgan fingerprint density at radius 2 is 2.05 bits per heavy atom. The lowest BCUT2D eigenvalue weighted by Gasteiger charge is -2.28. The van der Waals surface area contributed by atoms with Crippen molar-refractivity contribution in [2.45, 2.75) is 39.2 Å². The number of nitrogens with one attached hydrogen (secondary N) is 2. The Balaban J connectivity index is 0.00000242. The molecule has 0 spiro atoms. The van der Waals surface area contributed by atoms with E-state index in [1.54, 1.807) is 0 Å². The van der Waals surface area contributed by atoms with Crippen LogP contribution in [0.3, 0.4) is 0 Å². The monoisotopic (exact) mass is 326 g/mol. The van der Waals surface area contributed by atoms with Crippen LogP contribution in [0.1, 0.15) is 38.7 Å². The van der Waals surface area contributed by atoms with Gasteiger partial charge in [-0.3, -0.25) is 4.79 Å². The van der Waals surface area contributed by atoms with E-state index in [9.17, 15) is 4.79 Å². The normalized spacial score (nSPS) is 15.6. The van der Waals surface area contributed by atoms with Gasteiger partial charge in [0.25, 0.3) is 5.91 Å². The second-order valence-electron chi connectivity index (χ2n) is 5.98. The van der Waals surface area contributed by atoms with Crippen LogP contribution in [0.4, 0.5) is 0 Å². The molecule has 0 radical (unpaired) electrons. The molecule has 1 amide bonds. The topological polar surface area (TPSA) is 50.4 Å². The molecule has 1 fully saturated rings. The molecule has 1 aliphatic rings. The quantitative estimate of drug-likeness (QED) is 0.810. The predicted molar refractivity (Wildman–Crippen MR) is 91.9 cm³/mol. The smallest absolute Gasteiger partial charge is 0.261 e. The predicted octanol–water partition coefficient (Wildman–Crippen LogP) is 2.72. The van der Waals surface area contributed by atoms with E-state index in [1.165, 1.54) is 0 Å². The van der Waals surface area contributed by atoms with Crippen molar-refractivity contribution in [2.24, 2.45) is 5.92 Å². The minimum absolute atomic E-state index is 0. The second kappa shape index (κ2) is 9.01. The van der Waals surface area contributed by atoms with Gasteiger partial charge in [-0.2, -0.15) is 0 Å². The molecule has 0 saturated carbocycles.